The highest BCUT2D eigenvalue weighted by Crippen LogP contribution is 2.27. The first-order valence-corrected chi connectivity index (χ1v) is 7.84. The van der Waals surface area contributed by atoms with Crippen LogP contribution in [-0.2, 0) is 0 Å². The molecule has 26 heavy (non-hydrogen) atoms. The van der Waals surface area contributed by atoms with E-state index in [0.717, 1.165) is 11.1 Å². The van der Waals surface area contributed by atoms with E-state index in [4.69, 9.17) is 18.9 Å². The van der Waals surface area contributed by atoms with Gasteiger partial charge in [-0.3, -0.25) is 0 Å². The predicted octanol–water partition coefficient (Wildman–Crippen LogP) is 3.68. The van der Waals surface area contributed by atoms with Gasteiger partial charge >= 0.3 is 0 Å². The summed E-state index contributed by atoms with van der Waals surface area (Å²) in [5, 5.41) is 0. The smallest absolute Gasteiger partial charge is 0.161 e. The Balaban J connectivity index is 2.05. The van der Waals surface area contributed by atoms with Crippen LogP contribution in [0.25, 0.3) is 0 Å². The first-order chi connectivity index (χ1) is 12.7. The predicted molar refractivity (Wildman–Crippen MR) is 102 cm³/mol. The van der Waals surface area contributed by atoms with Crippen molar-refractivity contribution >= 4 is 0 Å². The van der Waals surface area contributed by atoms with Gasteiger partial charge in [0.05, 0.1) is 28.4 Å². The average molecular weight is 348 g/mol. The summed E-state index contributed by atoms with van der Waals surface area (Å²) >= 11 is 0. The third-order valence-corrected chi connectivity index (χ3v) is 3.45. The molecule has 0 fully saturated rings. The Morgan fingerprint density at radius 2 is 0.962 bits per heavy atom. The van der Waals surface area contributed by atoms with E-state index in [0.29, 0.717) is 23.0 Å². The highest BCUT2D eigenvalue weighted by Gasteiger charge is 2.03. The second kappa shape index (κ2) is 9.71. The SMILES string of the molecule is COc1ccc(C#C/C=C/C#Cc2ccc(OC)c(OC)c2)cc1OC. The largest absolute Gasteiger partial charge is 0.493 e. The number of ether oxygens (including phenoxy) is 4. The van der Waals surface area contributed by atoms with Gasteiger partial charge in [0.2, 0.25) is 0 Å². The fourth-order valence-corrected chi connectivity index (χ4v) is 2.16. The second-order valence-electron chi connectivity index (χ2n) is 5.01. The molecule has 0 atom stereocenters. The highest BCUT2D eigenvalue weighted by molar-refractivity contribution is 5.50. The van der Waals surface area contributed by atoms with Crippen LogP contribution >= 0.6 is 0 Å². The van der Waals surface area contributed by atoms with Gasteiger partial charge in [0.25, 0.3) is 0 Å². The number of hydrogen-bond donors (Lipinski definition) is 0. The Morgan fingerprint density at radius 1 is 0.577 bits per heavy atom. The molecule has 0 radical (unpaired) electrons. The molecular formula is C22H20O4. The monoisotopic (exact) mass is 348 g/mol. The zero-order chi connectivity index (χ0) is 18.8. The van der Waals surface area contributed by atoms with Crippen LogP contribution in [0.4, 0.5) is 0 Å². The van der Waals surface area contributed by atoms with E-state index < -0.39 is 0 Å². The zero-order valence-corrected chi connectivity index (χ0v) is 15.3. The Labute approximate surface area is 154 Å². The lowest BCUT2D eigenvalue weighted by Crippen LogP contribution is -1.90. The van der Waals surface area contributed by atoms with Crippen LogP contribution in [0.2, 0.25) is 0 Å². The molecule has 0 bridgehead atoms. The van der Waals surface area contributed by atoms with E-state index in [9.17, 15) is 0 Å². The van der Waals surface area contributed by atoms with Crippen molar-refractivity contribution in [2.45, 2.75) is 0 Å². The third kappa shape index (κ3) is 5.00. The number of benzene rings is 2. The topological polar surface area (TPSA) is 36.9 Å². The average Bonchev–Trinajstić information content (AvgIpc) is 2.70. The van der Waals surface area contributed by atoms with Crippen molar-refractivity contribution in [2.24, 2.45) is 0 Å². The Kier molecular flexibility index (Phi) is 7.04. The van der Waals surface area contributed by atoms with E-state index >= 15 is 0 Å². The summed E-state index contributed by atoms with van der Waals surface area (Å²) in [7, 11) is 6.39. The molecule has 0 aliphatic heterocycles. The molecule has 2 rings (SSSR count). The summed E-state index contributed by atoms with van der Waals surface area (Å²) < 4.78 is 20.9. The number of hydrogen-bond acceptors (Lipinski definition) is 4. The van der Waals surface area contributed by atoms with Gasteiger partial charge in [0, 0.05) is 11.1 Å². The molecule has 0 unspecified atom stereocenters. The lowest BCUT2D eigenvalue weighted by atomic mass is 10.2. The molecule has 2 aromatic rings. The van der Waals surface area contributed by atoms with Gasteiger partial charge in [-0.25, -0.2) is 0 Å². The van der Waals surface area contributed by atoms with Crippen LogP contribution in [-0.4, -0.2) is 28.4 Å². The van der Waals surface area contributed by atoms with Crippen LogP contribution < -0.4 is 18.9 Å². The number of methoxy groups -OCH3 is 4. The lowest BCUT2D eigenvalue weighted by Gasteiger charge is -2.06. The maximum Gasteiger partial charge on any atom is 0.161 e. The molecule has 0 spiro atoms. The number of rotatable bonds is 4. The van der Waals surface area contributed by atoms with Crippen molar-refractivity contribution < 1.29 is 18.9 Å². The third-order valence-electron chi connectivity index (χ3n) is 3.45. The van der Waals surface area contributed by atoms with Crippen LogP contribution in [0.3, 0.4) is 0 Å². The summed E-state index contributed by atoms with van der Waals surface area (Å²) in [6, 6.07) is 11.0. The van der Waals surface area contributed by atoms with Crippen LogP contribution in [0, 0.1) is 23.7 Å². The Hall–Kier alpha value is -3.50. The molecule has 0 heterocycles. The van der Waals surface area contributed by atoms with E-state index in [1.165, 1.54) is 0 Å². The Bertz CT molecular complexity index is 830. The van der Waals surface area contributed by atoms with E-state index in [2.05, 4.69) is 23.7 Å². The summed E-state index contributed by atoms with van der Waals surface area (Å²) in [5.74, 6) is 14.6. The van der Waals surface area contributed by atoms with Crippen molar-refractivity contribution in [3.63, 3.8) is 0 Å². The van der Waals surface area contributed by atoms with Gasteiger partial charge in [-0.15, -0.1) is 0 Å². The standard InChI is InChI=1S/C22H20O4/c1-23-19-13-11-17(15-21(19)25-3)9-7-5-6-8-10-18-12-14-20(24-2)22(16-18)26-4/h5-6,11-16H,1-4H3/b6-5+. The minimum Gasteiger partial charge on any atom is -0.493 e. The van der Waals surface area contributed by atoms with Crippen molar-refractivity contribution in [3.8, 4) is 46.7 Å². The molecule has 0 saturated carbocycles. The van der Waals surface area contributed by atoms with Crippen LogP contribution in [0.5, 0.6) is 23.0 Å². The summed E-state index contributed by atoms with van der Waals surface area (Å²) in [6.45, 7) is 0. The second-order valence-corrected chi connectivity index (χ2v) is 5.01. The minimum absolute atomic E-state index is 0.650. The molecule has 132 valence electrons. The molecule has 0 aliphatic carbocycles. The van der Waals surface area contributed by atoms with Crippen LogP contribution in [0.1, 0.15) is 11.1 Å². The first kappa shape index (κ1) is 18.8. The van der Waals surface area contributed by atoms with Gasteiger partial charge in [0.1, 0.15) is 0 Å². The summed E-state index contributed by atoms with van der Waals surface area (Å²) in [4.78, 5) is 0. The van der Waals surface area contributed by atoms with Gasteiger partial charge in [-0.1, -0.05) is 23.7 Å². The fourth-order valence-electron chi connectivity index (χ4n) is 2.16. The maximum atomic E-state index is 5.25. The molecule has 0 aromatic heterocycles. The van der Waals surface area contributed by atoms with Crippen LogP contribution in [0.15, 0.2) is 48.6 Å². The Morgan fingerprint density at radius 3 is 1.31 bits per heavy atom. The molecule has 0 N–H and O–H groups in total. The lowest BCUT2D eigenvalue weighted by molar-refractivity contribution is 0.355. The maximum absolute atomic E-state index is 5.25. The van der Waals surface area contributed by atoms with Gasteiger partial charge in [0.15, 0.2) is 23.0 Å². The molecule has 0 aliphatic rings. The fraction of sp³-hybridized carbons (Fsp3) is 0.182. The minimum atomic E-state index is 0.650. The first-order valence-electron chi connectivity index (χ1n) is 7.84. The molecule has 0 saturated heterocycles. The van der Waals surface area contributed by atoms with E-state index in [1.807, 2.05) is 36.4 Å². The van der Waals surface area contributed by atoms with Crippen molar-refractivity contribution in [1.29, 1.82) is 0 Å². The number of allylic oxidation sites excluding steroid dienone is 2. The molecule has 2 aromatic carbocycles. The molecule has 0 amide bonds. The van der Waals surface area contributed by atoms with Crippen molar-refractivity contribution in [3.05, 3.63) is 59.7 Å². The molecule has 4 nitrogen and oxygen atoms in total. The zero-order valence-electron chi connectivity index (χ0n) is 15.3. The quantitative estimate of drug-likeness (QED) is 0.790. The molecule has 4 heteroatoms. The summed E-state index contributed by atoms with van der Waals surface area (Å²) in [5.41, 5.74) is 1.67. The summed E-state index contributed by atoms with van der Waals surface area (Å²) in [6.07, 6.45) is 3.40. The molecular weight excluding hydrogens is 328 g/mol. The van der Waals surface area contributed by atoms with Crippen molar-refractivity contribution in [2.75, 3.05) is 28.4 Å². The van der Waals surface area contributed by atoms with E-state index in [-0.39, 0.29) is 0 Å². The van der Waals surface area contributed by atoms with Gasteiger partial charge < -0.3 is 18.9 Å². The highest BCUT2D eigenvalue weighted by atomic mass is 16.5. The van der Waals surface area contributed by atoms with Crippen molar-refractivity contribution in [1.82, 2.24) is 0 Å². The van der Waals surface area contributed by atoms with E-state index in [1.54, 1.807) is 40.6 Å². The van der Waals surface area contributed by atoms with Gasteiger partial charge in [-0.2, -0.15) is 0 Å². The normalized spacial score (nSPS) is 9.54. The van der Waals surface area contributed by atoms with Gasteiger partial charge in [-0.05, 0) is 48.6 Å².